The Hall–Kier alpha value is -2.10. The van der Waals surface area contributed by atoms with Crippen LogP contribution in [0.4, 0.5) is 11.6 Å². The number of nitrogens with one attached hydrogen (secondary N) is 1. The zero-order valence-electron chi connectivity index (χ0n) is 11.9. The molecule has 0 amide bonds. The van der Waals surface area contributed by atoms with Crippen LogP contribution in [0.2, 0.25) is 0 Å². The molecule has 0 fully saturated rings. The molecule has 4 nitrogen and oxygen atoms in total. The van der Waals surface area contributed by atoms with Gasteiger partial charge >= 0.3 is 0 Å². The third-order valence-electron chi connectivity index (χ3n) is 3.32. The van der Waals surface area contributed by atoms with Crippen molar-refractivity contribution >= 4 is 11.6 Å². The van der Waals surface area contributed by atoms with Gasteiger partial charge in [0.15, 0.2) is 0 Å². The number of aryl methyl sites for hydroxylation is 1. The highest BCUT2D eigenvalue weighted by Crippen LogP contribution is 2.22. The van der Waals surface area contributed by atoms with E-state index in [1.807, 2.05) is 14.0 Å². The van der Waals surface area contributed by atoms with Crippen molar-refractivity contribution in [2.45, 2.75) is 20.4 Å². The molecular weight excluding hydrogens is 236 g/mol. The van der Waals surface area contributed by atoms with Gasteiger partial charge in [0.25, 0.3) is 0 Å². The lowest BCUT2D eigenvalue weighted by Crippen LogP contribution is -2.20. The van der Waals surface area contributed by atoms with Gasteiger partial charge in [-0.3, -0.25) is 0 Å². The normalized spacial score (nSPS) is 10.3. The van der Waals surface area contributed by atoms with E-state index in [2.05, 4.69) is 58.4 Å². The van der Waals surface area contributed by atoms with Crippen LogP contribution in [0, 0.1) is 13.8 Å². The summed E-state index contributed by atoms with van der Waals surface area (Å²) < 4.78 is 0. The topological polar surface area (TPSA) is 41.1 Å². The quantitative estimate of drug-likeness (QED) is 0.913. The number of rotatable bonds is 4. The van der Waals surface area contributed by atoms with Crippen molar-refractivity contribution in [3.63, 3.8) is 0 Å². The van der Waals surface area contributed by atoms with Crippen molar-refractivity contribution in [1.29, 1.82) is 0 Å². The Morgan fingerprint density at radius 1 is 1.16 bits per heavy atom. The van der Waals surface area contributed by atoms with Crippen LogP contribution in [0.5, 0.6) is 0 Å². The highest BCUT2D eigenvalue weighted by atomic mass is 15.2. The Kier molecular flexibility index (Phi) is 4.00. The number of aromatic nitrogens is 2. The molecule has 1 heterocycles. The average molecular weight is 256 g/mol. The number of nitrogens with zero attached hydrogens (tertiary/aromatic N) is 3. The van der Waals surface area contributed by atoms with Crippen LogP contribution in [0.25, 0.3) is 0 Å². The molecule has 1 N–H and O–H groups in total. The molecule has 0 saturated heterocycles. The molecule has 0 aliphatic heterocycles. The van der Waals surface area contributed by atoms with Gasteiger partial charge in [-0.05, 0) is 25.0 Å². The zero-order valence-corrected chi connectivity index (χ0v) is 11.9. The summed E-state index contributed by atoms with van der Waals surface area (Å²) in [4.78, 5) is 10.8. The minimum Gasteiger partial charge on any atom is -0.373 e. The van der Waals surface area contributed by atoms with Crippen molar-refractivity contribution in [2.75, 3.05) is 24.3 Å². The van der Waals surface area contributed by atoms with Crippen LogP contribution in [-0.2, 0) is 6.54 Å². The summed E-state index contributed by atoms with van der Waals surface area (Å²) in [6.07, 6.45) is 1.60. The number of hydrogen-bond acceptors (Lipinski definition) is 4. The third-order valence-corrected chi connectivity index (χ3v) is 3.32. The number of hydrogen-bond donors (Lipinski definition) is 1. The molecule has 0 atom stereocenters. The van der Waals surface area contributed by atoms with E-state index in [-0.39, 0.29) is 0 Å². The van der Waals surface area contributed by atoms with Crippen LogP contribution < -0.4 is 10.2 Å². The van der Waals surface area contributed by atoms with E-state index < -0.39 is 0 Å². The molecule has 2 rings (SSSR count). The summed E-state index contributed by atoms with van der Waals surface area (Å²) >= 11 is 0. The monoisotopic (exact) mass is 256 g/mol. The fraction of sp³-hybridized carbons (Fsp3) is 0.333. The van der Waals surface area contributed by atoms with E-state index in [1.54, 1.807) is 6.33 Å². The fourth-order valence-electron chi connectivity index (χ4n) is 2.20. The molecule has 0 spiro atoms. The first-order valence-electron chi connectivity index (χ1n) is 6.38. The maximum Gasteiger partial charge on any atom is 0.137 e. The lowest BCUT2D eigenvalue weighted by atomic mass is 10.1. The molecule has 2 aromatic rings. The van der Waals surface area contributed by atoms with Gasteiger partial charge in [-0.25, -0.2) is 9.97 Å². The van der Waals surface area contributed by atoms with Crippen molar-refractivity contribution in [1.82, 2.24) is 9.97 Å². The molecule has 0 radical (unpaired) electrons. The lowest BCUT2D eigenvalue weighted by Gasteiger charge is -2.22. The number of benzene rings is 1. The Bertz CT molecular complexity index is 566. The first kappa shape index (κ1) is 13.3. The first-order chi connectivity index (χ1) is 9.13. The Morgan fingerprint density at radius 2 is 1.89 bits per heavy atom. The van der Waals surface area contributed by atoms with E-state index >= 15 is 0 Å². The van der Waals surface area contributed by atoms with Crippen LogP contribution in [0.15, 0.2) is 30.6 Å². The fourth-order valence-corrected chi connectivity index (χ4v) is 2.20. The standard InChI is InChI=1S/C15H20N4/c1-11-7-5-6-8-13(11)9-19(4)15-12(2)14(16-3)17-10-18-15/h5-8,10H,9H2,1-4H3,(H,16,17,18). The van der Waals surface area contributed by atoms with Crippen LogP contribution in [0.1, 0.15) is 16.7 Å². The molecule has 0 unspecified atom stereocenters. The SMILES string of the molecule is CNc1ncnc(N(C)Cc2ccccc2C)c1C. The minimum absolute atomic E-state index is 0.841. The molecule has 0 aliphatic rings. The second-order valence-corrected chi connectivity index (χ2v) is 4.70. The molecule has 1 aromatic heterocycles. The van der Waals surface area contributed by atoms with Gasteiger partial charge in [0.05, 0.1) is 0 Å². The molecule has 1 aromatic carbocycles. The van der Waals surface area contributed by atoms with Gasteiger partial charge in [-0.15, -0.1) is 0 Å². The summed E-state index contributed by atoms with van der Waals surface area (Å²) in [5.41, 5.74) is 3.69. The smallest absolute Gasteiger partial charge is 0.137 e. The summed E-state index contributed by atoms with van der Waals surface area (Å²) in [7, 11) is 3.93. The summed E-state index contributed by atoms with van der Waals surface area (Å²) in [5.74, 6) is 1.84. The minimum atomic E-state index is 0.841. The molecule has 100 valence electrons. The van der Waals surface area contributed by atoms with E-state index in [0.29, 0.717) is 0 Å². The van der Waals surface area contributed by atoms with Crippen molar-refractivity contribution in [3.8, 4) is 0 Å². The zero-order chi connectivity index (χ0) is 13.8. The molecular formula is C15H20N4. The lowest BCUT2D eigenvalue weighted by molar-refractivity contribution is 0.877. The molecule has 19 heavy (non-hydrogen) atoms. The first-order valence-corrected chi connectivity index (χ1v) is 6.38. The number of anilines is 2. The maximum absolute atomic E-state index is 4.39. The van der Waals surface area contributed by atoms with Gasteiger partial charge < -0.3 is 10.2 Å². The molecule has 0 saturated carbocycles. The summed E-state index contributed by atoms with van der Waals surface area (Å²) in [6, 6.07) is 8.42. The Labute approximate surface area is 114 Å². The largest absolute Gasteiger partial charge is 0.373 e. The molecule has 4 heteroatoms. The van der Waals surface area contributed by atoms with Gasteiger partial charge in [-0.2, -0.15) is 0 Å². The predicted octanol–water partition coefficient (Wildman–Crippen LogP) is 2.77. The highest BCUT2D eigenvalue weighted by molar-refractivity contribution is 5.57. The second kappa shape index (κ2) is 5.69. The highest BCUT2D eigenvalue weighted by Gasteiger charge is 2.11. The van der Waals surface area contributed by atoms with Gasteiger partial charge in [0.1, 0.15) is 18.0 Å². The molecule has 0 aliphatic carbocycles. The van der Waals surface area contributed by atoms with E-state index in [0.717, 1.165) is 23.7 Å². The van der Waals surface area contributed by atoms with Crippen LogP contribution >= 0.6 is 0 Å². The summed E-state index contributed by atoms with van der Waals surface area (Å²) in [6.45, 7) is 5.01. The Morgan fingerprint density at radius 3 is 2.58 bits per heavy atom. The average Bonchev–Trinajstić information content (AvgIpc) is 2.41. The van der Waals surface area contributed by atoms with Crippen LogP contribution in [-0.4, -0.2) is 24.1 Å². The third kappa shape index (κ3) is 2.84. The summed E-state index contributed by atoms with van der Waals surface area (Å²) in [5, 5.41) is 3.09. The maximum atomic E-state index is 4.39. The van der Waals surface area contributed by atoms with E-state index in [4.69, 9.17) is 0 Å². The van der Waals surface area contributed by atoms with E-state index in [1.165, 1.54) is 11.1 Å². The predicted molar refractivity (Wildman–Crippen MR) is 79.6 cm³/mol. The second-order valence-electron chi connectivity index (χ2n) is 4.70. The van der Waals surface area contributed by atoms with Crippen molar-refractivity contribution < 1.29 is 0 Å². The van der Waals surface area contributed by atoms with Gasteiger partial charge in [0.2, 0.25) is 0 Å². The van der Waals surface area contributed by atoms with Crippen molar-refractivity contribution in [2.24, 2.45) is 0 Å². The molecule has 0 bridgehead atoms. The van der Waals surface area contributed by atoms with Gasteiger partial charge in [-0.1, -0.05) is 24.3 Å². The Balaban J connectivity index is 2.26. The van der Waals surface area contributed by atoms with E-state index in [9.17, 15) is 0 Å². The van der Waals surface area contributed by atoms with Gasteiger partial charge in [0, 0.05) is 26.2 Å². The van der Waals surface area contributed by atoms with Crippen molar-refractivity contribution in [3.05, 3.63) is 47.3 Å². The van der Waals surface area contributed by atoms with Crippen LogP contribution in [0.3, 0.4) is 0 Å².